The number of hydrogen-bond donors (Lipinski definition) is 1. The Balaban J connectivity index is 1.74. The van der Waals surface area contributed by atoms with Crippen LogP contribution in [-0.4, -0.2) is 51.6 Å². The molecule has 0 aromatic heterocycles. The summed E-state index contributed by atoms with van der Waals surface area (Å²) in [5.41, 5.74) is 7.06. The minimum atomic E-state index is -3.66. The molecule has 3 rings (SSSR count). The minimum Gasteiger partial charge on any atom is -0.399 e. The Kier molecular flexibility index (Phi) is 5.07. The van der Waals surface area contributed by atoms with Crippen molar-refractivity contribution in [3.8, 4) is 0 Å². The second-order valence-corrected chi connectivity index (χ2v) is 10.1. The van der Waals surface area contributed by atoms with Gasteiger partial charge in [0.25, 0.3) is 0 Å². The van der Waals surface area contributed by atoms with E-state index in [1.807, 2.05) is 6.92 Å². The lowest BCUT2D eigenvalue weighted by Crippen LogP contribution is -2.50. The van der Waals surface area contributed by atoms with Crippen molar-refractivity contribution in [1.82, 2.24) is 8.61 Å². The highest BCUT2D eigenvalue weighted by Gasteiger charge is 2.33. The number of aryl methyl sites for hydroxylation is 1. The van der Waals surface area contributed by atoms with Gasteiger partial charge in [0.15, 0.2) is 0 Å². The molecular weight excluding hydrogens is 374 g/mol. The molecule has 0 spiro atoms. The number of piperazine rings is 1. The van der Waals surface area contributed by atoms with Crippen LogP contribution < -0.4 is 5.73 Å². The molecule has 0 saturated carbocycles. The van der Waals surface area contributed by atoms with Gasteiger partial charge in [0.2, 0.25) is 20.0 Å². The number of anilines is 1. The molecule has 1 aliphatic rings. The third-order valence-electron chi connectivity index (χ3n) is 4.37. The van der Waals surface area contributed by atoms with Gasteiger partial charge in [-0.3, -0.25) is 0 Å². The van der Waals surface area contributed by atoms with Crippen LogP contribution in [0.3, 0.4) is 0 Å². The molecule has 0 unspecified atom stereocenters. The number of hydrogen-bond acceptors (Lipinski definition) is 5. The van der Waals surface area contributed by atoms with E-state index in [1.54, 1.807) is 24.3 Å². The average molecular weight is 396 g/mol. The maximum absolute atomic E-state index is 12.7. The Hall–Kier alpha value is -1.94. The second-order valence-electron chi connectivity index (χ2n) is 6.19. The molecule has 1 heterocycles. The maximum Gasteiger partial charge on any atom is 0.243 e. The summed E-state index contributed by atoms with van der Waals surface area (Å²) in [4.78, 5) is 0.375. The molecule has 1 aliphatic heterocycles. The van der Waals surface area contributed by atoms with Crippen LogP contribution in [0.2, 0.25) is 0 Å². The molecule has 2 N–H and O–H groups in total. The molecule has 0 radical (unpaired) electrons. The molecule has 0 aliphatic carbocycles. The van der Waals surface area contributed by atoms with Crippen molar-refractivity contribution in [3.63, 3.8) is 0 Å². The van der Waals surface area contributed by atoms with Gasteiger partial charge >= 0.3 is 0 Å². The van der Waals surface area contributed by atoms with Crippen molar-refractivity contribution in [2.75, 3.05) is 31.9 Å². The van der Waals surface area contributed by atoms with E-state index < -0.39 is 20.0 Å². The molecule has 7 nitrogen and oxygen atoms in total. The van der Waals surface area contributed by atoms with Crippen molar-refractivity contribution in [1.29, 1.82) is 0 Å². The van der Waals surface area contributed by atoms with E-state index >= 15 is 0 Å². The van der Waals surface area contributed by atoms with Crippen LogP contribution >= 0.6 is 0 Å². The van der Waals surface area contributed by atoms with E-state index in [9.17, 15) is 16.8 Å². The molecule has 1 saturated heterocycles. The van der Waals surface area contributed by atoms with Crippen molar-refractivity contribution < 1.29 is 16.8 Å². The Bertz CT molecular complexity index is 894. The quantitative estimate of drug-likeness (QED) is 0.786. The van der Waals surface area contributed by atoms with Gasteiger partial charge in [-0.1, -0.05) is 17.7 Å². The van der Waals surface area contributed by atoms with E-state index in [4.69, 9.17) is 5.73 Å². The van der Waals surface area contributed by atoms with Crippen LogP contribution in [0.25, 0.3) is 0 Å². The molecule has 0 bridgehead atoms. The van der Waals surface area contributed by atoms with E-state index in [2.05, 4.69) is 0 Å². The first-order valence-corrected chi connectivity index (χ1v) is 11.0. The summed E-state index contributed by atoms with van der Waals surface area (Å²) in [6.07, 6.45) is 0. The number of benzene rings is 2. The van der Waals surface area contributed by atoms with Gasteiger partial charge in [0.05, 0.1) is 9.79 Å². The first-order valence-electron chi connectivity index (χ1n) is 8.14. The summed E-state index contributed by atoms with van der Waals surface area (Å²) >= 11 is 0. The summed E-state index contributed by atoms with van der Waals surface area (Å²) < 4.78 is 53.4. The zero-order valence-electron chi connectivity index (χ0n) is 14.4. The van der Waals surface area contributed by atoms with Crippen molar-refractivity contribution in [3.05, 3.63) is 54.1 Å². The summed E-state index contributed by atoms with van der Waals surface area (Å²) in [5, 5.41) is 0. The van der Waals surface area contributed by atoms with E-state index in [0.29, 0.717) is 5.69 Å². The van der Waals surface area contributed by atoms with Crippen molar-refractivity contribution >= 4 is 25.7 Å². The molecule has 2 aromatic carbocycles. The highest BCUT2D eigenvalue weighted by Crippen LogP contribution is 2.22. The normalized spacial score (nSPS) is 17.3. The van der Waals surface area contributed by atoms with E-state index in [1.165, 1.54) is 32.9 Å². The zero-order valence-corrected chi connectivity index (χ0v) is 16.0. The number of nitrogen functional groups attached to an aromatic ring is 1. The summed E-state index contributed by atoms with van der Waals surface area (Å²) in [5.74, 6) is 0. The van der Waals surface area contributed by atoms with Gasteiger partial charge < -0.3 is 5.73 Å². The predicted octanol–water partition coefficient (Wildman–Crippen LogP) is 1.27. The SMILES string of the molecule is Cc1ccc(S(=O)(=O)N2CCN(S(=O)(=O)c3ccc(N)cc3)CC2)cc1. The lowest BCUT2D eigenvalue weighted by atomic mass is 10.2. The smallest absolute Gasteiger partial charge is 0.243 e. The second kappa shape index (κ2) is 6.99. The summed E-state index contributed by atoms with van der Waals surface area (Å²) in [7, 11) is -7.28. The largest absolute Gasteiger partial charge is 0.399 e. The van der Waals surface area contributed by atoms with Gasteiger partial charge in [-0.15, -0.1) is 0 Å². The number of rotatable bonds is 4. The monoisotopic (exact) mass is 395 g/mol. The highest BCUT2D eigenvalue weighted by molar-refractivity contribution is 7.89. The van der Waals surface area contributed by atoms with Crippen LogP contribution in [0.4, 0.5) is 5.69 Å². The van der Waals surface area contributed by atoms with Crippen LogP contribution in [-0.2, 0) is 20.0 Å². The average Bonchev–Trinajstić information content (AvgIpc) is 2.62. The lowest BCUT2D eigenvalue weighted by molar-refractivity contribution is 0.273. The minimum absolute atomic E-state index is 0.109. The lowest BCUT2D eigenvalue weighted by Gasteiger charge is -2.33. The highest BCUT2D eigenvalue weighted by atomic mass is 32.2. The number of sulfonamides is 2. The fourth-order valence-corrected chi connectivity index (χ4v) is 5.64. The van der Waals surface area contributed by atoms with E-state index in [0.717, 1.165) is 5.56 Å². The first-order chi connectivity index (χ1) is 12.2. The first kappa shape index (κ1) is 18.8. The van der Waals surface area contributed by atoms with E-state index in [-0.39, 0.29) is 36.0 Å². The fourth-order valence-electron chi connectivity index (χ4n) is 2.80. The Labute approximate surface area is 154 Å². The zero-order chi connectivity index (χ0) is 18.9. The van der Waals surface area contributed by atoms with Gasteiger partial charge in [0.1, 0.15) is 0 Å². The standard InChI is InChI=1S/C17H21N3O4S2/c1-14-2-6-16(7-3-14)25(21,22)19-10-12-20(13-11-19)26(23,24)17-8-4-15(18)5-9-17/h2-9H,10-13,18H2,1H3. The number of nitrogens with zero attached hydrogens (tertiary/aromatic N) is 2. The van der Waals surface area contributed by atoms with Crippen LogP contribution in [0.5, 0.6) is 0 Å². The predicted molar refractivity (Wildman–Crippen MR) is 99.6 cm³/mol. The van der Waals surface area contributed by atoms with Crippen LogP contribution in [0.15, 0.2) is 58.3 Å². The third-order valence-corrected chi connectivity index (χ3v) is 8.20. The molecule has 2 aromatic rings. The summed E-state index contributed by atoms with van der Waals surface area (Å²) in [6.45, 7) is 2.33. The third kappa shape index (κ3) is 3.61. The van der Waals surface area contributed by atoms with Crippen molar-refractivity contribution in [2.24, 2.45) is 0 Å². The number of nitrogens with two attached hydrogens (primary N) is 1. The van der Waals surface area contributed by atoms with Crippen molar-refractivity contribution in [2.45, 2.75) is 16.7 Å². The molecule has 140 valence electrons. The molecular formula is C17H21N3O4S2. The summed E-state index contributed by atoms with van der Waals surface area (Å²) in [6, 6.07) is 12.6. The van der Waals surface area contributed by atoms with Crippen LogP contribution in [0.1, 0.15) is 5.56 Å². The molecule has 1 fully saturated rings. The molecule has 0 amide bonds. The molecule has 9 heteroatoms. The van der Waals surface area contributed by atoms with Gasteiger partial charge in [0, 0.05) is 31.9 Å². The Morgan fingerprint density at radius 3 is 1.42 bits per heavy atom. The Morgan fingerprint density at radius 2 is 1.04 bits per heavy atom. The Morgan fingerprint density at radius 1 is 0.692 bits per heavy atom. The van der Waals surface area contributed by atoms with Gasteiger partial charge in [-0.25, -0.2) is 16.8 Å². The molecule has 0 atom stereocenters. The molecule has 26 heavy (non-hydrogen) atoms. The van der Waals surface area contributed by atoms with Gasteiger partial charge in [-0.2, -0.15) is 8.61 Å². The topological polar surface area (TPSA) is 101 Å². The fraction of sp³-hybridized carbons (Fsp3) is 0.294. The maximum atomic E-state index is 12.7. The van der Waals surface area contributed by atoms with Gasteiger partial charge in [-0.05, 0) is 43.3 Å². The van der Waals surface area contributed by atoms with Crippen LogP contribution in [0, 0.1) is 6.92 Å².